The highest BCUT2D eigenvalue weighted by Gasteiger charge is 2.32. The third-order valence-electron chi connectivity index (χ3n) is 3.87. The third kappa shape index (κ3) is 16.0. The largest absolute Gasteiger partial charge is 0.496 e. The maximum atomic E-state index is 5.67. The molecule has 1 aliphatic heterocycles. The first-order valence-corrected chi connectivity index (χ1v) is 23.7. The summed E-state index contributed by atoms with van der Waals surface area (Å²) in [6, 6.07) is 0. The van der Waals surface area contributed by atoms with Crippen molar-refractivity contribution in [3.63, 3.8) is 0 Å². The Hall–Kier alpha value is 0.981. The lowest BCUT2D eigenvalue weighted by molar-refractivity contribution is 0.132. The maximum absolute atomic E-state index is 5.67. The molecule has 162 valence electrons. The van der Waals surface area contributed by atoms with Crippen molar-refractivity contribution in [3.05, 3.63) is 0 Å². The van der Waals surface area contributed by atoms with Crippen LogP contribution in [0.25, 0.3) is 0 Å². The first kappa shape index (κ1) is 31.7. The predicted octanol–water partition coefficient (Wildman–Crippen LogP) is 0.378. The van der Waals surface area contributed by atoms with E-state index in [0.29, 0.717) is 0 Å². The monoisotopic (exact) mass is 482 g/mol. The van der Waals surface area contributed by atoms with Crippen molar-refractivity contribution in [1.29, 1.82) is 0 Å². The first-order valence-electron chi connectivity index (χ1n) is 8.19. The highest BCUT2D eigenvalue weighted by atomic mass is 29.3. The molecule has 0 aromatic carbocycles. The summed E-state index contributed by atoms with van der Waals surface area (Å²) in [5.41, 5.74) is 0. The minimum Gasteiger partial charge on any atom is -0.461 e. The van der Waals surface area contributed by atoms with Gasteiger partial charge < -0.3 is 34.8 Å². The summed E-state index contributed by atoms with van der Waals surface area (Å²) in [6.07, 6.45) is 0. The van der Waals surface area contributed by atoms with Crippen LogP contribution in [0.3, 0.4) is 0 Å². The summed E-state index contributed by atoms with van der Waals surface area (Å²) in [5.74, 6) is 0. The zero-order valence-electron chi connectivity index (χ0n) is 17.7. The molecule has 8 nitrogen and oxygen atoms in total. The molecule has 0 radical (unpaired) electrons. The molecule has 1 heterocycles. The summed E-state index contributed by atoms with van der Waals surface area (Å²) < 4.78 is 41.1. The van der Waals surface area contributed by atoms with Gasteiger partial charge in [0.15, 0.2) is 34.2 Å². The molecule has 0 aromatic rings. The van der Waals surface area contributed by atoms with E-state index in [2.05, 4.69) is 26.2 Å². The van der Waals surface area contributed by atoms with Crippen molar-refractivity contribution < 1.29 is 34.8 Å². The highest BCUT2D eigenvalue weighted by Crippen LogP contribution is 2.09. The van der Waals surface area contributed by atoms with Crippen LogP contribution in [0.2, 0.25) is 32.7 Å². The molecule has 0 aliphatic carbocycles. The zero-order valence-corrected chi connectivity index (χ0v) is 24.4. The highest BCUT2D eigenvalue weighted by molar-refractivity contribution is 7.29. The molecule has 0 unspecified atom stereocenters. The molecule has 26 heavy (non-hydrogen) atoms. The van der Waals surface area contributed by atoms with Crippen LogP contribution >= 0.6 is 0 Å². The molecule has 0 N–H and O–H groups in total. The Kier molecular flexibility index (Phi) is 22.0. The van der Waals surface area contributed by atoms with Gasteiger partial charge in [-0.1, -0.05) is 7.43 Å². The SMILES string of the molecule is C.CO[SiH](OC)O[Si@H](C)[Si@H](C)OC.CO[Si](C)(OC)OC.C[Si@@H]1O[Si@@H]1C. The van der Waals surface area contributed by atoms with Gasteiger partial charge in [-0.3, -0.25) is 0 Å². The van der Waals surface area contributed by atoms with Gasteiger partial charge in [-0.15, -0.1) is 0 Å². The van der Waals surface area contributed by atoms with E-state index in [4.69, 9.17) is 34.8 Å². The second-order valence-electron chi connectivity index (χ2n) is 5.56. The van der Waals surface area contributed by atoms with Gasteiger partial charge in [0, 0.05) is 49.2 Å². The van der Waals surface area contributed by atoms with Crippen LogP contribution in [-0.2, 0) is 34.8 Å². The molecule has 0 saturated carbocycles. The van der Waals surface area contributed by atoms with E-state index in [9.17, 15) is 0 Å². The predicted molar refractivity (Wildman–Crippen MR) is 122 cm³/mol. The van der Waals surface area contributed by atoms with Crippen LogP contribution < -0.4 is 0 Å². The van der Waals surface area contributed by atoms with Gasteiger partial charge in [-0.25, -0.2) is 0 Å². The Morgan fingerprint density at radius 3 is 1.23 bits per heavy atom. The number of rotatable bonds is 9. The minimum atomic E-state index is -2.17. The van der Waals surface area contributed by atoms with Crippen molar-refractivity contribution in [2.24, 2.45) is 0 Å². The van der Waals surface area contributed by atoms with E-state index in [1.165, 1.54) is 0 Å². The second kappa shape index (κ2) is 18.0. The average Bonchev–Trinajstić information content (AvgIpc) is 3.30. The summed E-state index contributed by atoms with van der Waals surface area (Å²) >= 11 is 0. The summed E-state index contributed by atoms with van der Waals surface area (Å²) in [7, 11) is 2.86. The van der Waals surface area contributed by atoms with Gasteiger partial charge in [0.2, 0.25) is 0 Å². The fourth-order valence-electron chi connectivity index (χ4n) is 1.23. The Morgan fingerprint density at radius 1 is 0.731 bits per heavy atom. The van der Waals surface area contributed by atoms with Gasteiger partial charge in [0.05, 0.1) is 0 Å². The molecule has 0 spiro atoms. The fraction of sp³-hybridized carbons (Fsp3) is 1.00. The van der Waals surface area contributed by atoms with E-state index in [1.54, 1.807) is 42.7 Å². The first-order chi connectivity index (χ1) is 11.6. The summed E-state index contributed by atoms with van der Waals surface area (Å²) in [4.78, 5) is 0. The quantitative estimate of drug-likeness (QED) is 0.345. The Bertz CT molecular complexity index is 297. The fourth-order valence-corrected chi connectivity index (χ4v) is 15.0. The third-order valence-corrected chi connectivity index (χ3v) is 25.8. The number of hydrogen-bond acceptors (Lipinski definition) is 8. The van der Waals surface area contributed by atoms with Crippen molar-refractivity contribution >= 4 is 52.6 Å². The average molecular weight is 483 g/mol. The summed E-state index contributed by atoms with van der Waals surface area (Å²) in [6.45, 7) is 10.7. The van der Waals surface area contributed by atoms with Gasteiger partial charge in [-0.2, -0.15) is 0 Å². The molecule has 0 bridgehead atoms. The van der Waals surface area contributed by atoms with Crippen LogP contribution in [0.5, 0.6) is 0 Å². The second-order valence-corrected chi connectivity index (χ2v) is 29.6. The van der Waals surface area contributed by atoms with Gasteiger partial charge in [-0.05, 0) is 26.2 Å². The lowest BCUT2D eigenvalue weighted by atomic mass is 11.8. The van der Waals surface area contributed by atoms with Crippen LogP contribution in [0.15, 0.2) is 0 Å². The molecule has 1 rings (SSSR count). The molecule has 1 saturated heterocycles. The Labute approximate surface area is 170 Å². The van der Waals surface area contributed by atoms with Crippen molar-refractivity contribution in [1.82, 2.24) is 0 Å². The zero-order chi connectivity index (χ0) is 20.0. The molecular formula is C12H42O8Si6. The summed E-state index contributed by atoms with van der Waals surface area (Å²) in [5, 5.41) is 0. The van der Waals surface area contributed by atoms with E-state index < -0.39 is 35.4 Å². The van der Waals surface area contributed by atoms with Gasteiger partial charge in [0.1, 0.15) is 0 Å². The van der Waals surface area contributed by atoms with Crippen molar-refractivity contribution in [2.45, 2.75) is 40.2 Å². The molecule has 0 amide bonds. The molecule has 1 fully saturated rings. The van der Waals surface area contributed by atoms with Crippen molar-refractivity contribution in [2.75, 3.05) is 42.7 Å². The maximum Gasteiger partial charge on any atom is 0.496 e. The normalized spacial score (nSPS) is 20.8. The Balaban J connectivity index is -0.000000325. The smallest absolute Gasteiger partial charge is 0.461 e. The molecule has 14 heteroatoms. The molecule has 1 aliphatic rings. The van der Waals surface area contributed by atoms with E-state index in [-0.39, 0.29) is 24.5 Å². The van der Waals surface area contributed by atoms with Crippen LogP contribution in [0.1, 0.15) is 7.43 Å². The molecular weight excluding hydrogens is 441 g/mol. The standard InChI is InChI=1S/C5H18O4Si3.C4H12O3Si.C2H8OSi2.CH4/c1-6-10(4)11(5)9-12(7-2)8-3;1-5-8(4,6-2)7-3;1-4-3-5(4)2;/h10-12H,1-5H3;1-4H3;4-5H,1-2H3;1H4/t10-,11+;;4-,5+;/m1.../s1. The van der Waals surface area contributed by atoms with Crippen LogP contribution in [0.4, 0.5) is 0 Å². The van der Waals surface area contributed by atoms with E-state index in [1.807, 2.05) is 6.55 Å². The van der Waals surface area contributed by atoms with Crippen LogP contribution in [-0.4, -0.2) is 95.2 Å². The van der Waals surface area contributed by atoms with E-state index >= 15 is 0 Å². The topological polar surface area (TPSA) is 77.1 Å². The van der Waals surface area contributed by atoms with Crippen molar-refractivity contribution in [3.8, 4) is 0 Å². The van der Waals surface area contributed by atoms with Crippen LogP contribution in [0, 0.1) is 0 Å². The van der Waals surface area contributed by atoms with Gasteiger partial charge in [0.25, 0.3) is 0 Å². The Morgan fingerprint density at radius 2 is 1.08 bits per heavy atom. The lowest BCUT2D eigenvalue weighted by Gasteiger charge is -2.20. The molecule has 0 aromatic heterocycles. The lowest BCUT2D eigenvalue weighted by Crippen LogP contribution is -2.41. The molecule has 4 atom stereocenters. The van der Waals surface area contributed by atoms with E-state index in [0.717, 1.165) is 0 Å². The minimum absolute atomic E-state index is 0. The number of hydrogen-bond donors (Lipinski definition) is 0. The van der Waals surface area contributed by atoms with Gasteiger partial charge >= 0.3 is 18.3 Å².